The summed E-state index contributed by atoms with van der Waals surface area (Å²) < 4.78 is 0. The highest BCUT2D eigenvalue weighted by Crippen LogP contribution is 2.30. The minimum absolute atomic E-state index is 0.109. The lowest BCUT2D eigenvalue weighted by atomic mass is 9.82. The number of halogens is 1. The average Bonchev–Trinajstić information content (AvgIpc) is 2.88. The van der Waals surface area contributed by atoms with Crippen molar-refractivity contribution in [2.75, 3.05) is 13.1 Å². The van der Waals surface area contributed by atoms with Gasteiger partial charge in [-0.3, -0.25) is 9.59 Å². The fourth-order valence-electron chi connectivity index (χ4n) is 3.00. The second-order valence-electron chi connectivity index (χ2n) is 6.31. The van der Waals surface area contributed by atoms with Crippen molar-refractivity contribution >= 4 is 34.5 Å². The topological polar surface area (TPSA) is 86.3 Å². The second kappa shape index (κ2) is 5.85. The first kappa shape index (κ1) is 15.8. The Bertz CT molecular complexity index is 773. The van der Waals surface area contributed by atoms with Crippen molar-refractivity contribution in [1.82, 2.24) is 14.9 Å². The molecule has 23 heavy (non-hydrogen) atoms. The van der Waals surface area contributed by atoms with E-state index in [1.54, 1.807) is 30.0 Å². The molecule has 0 saturated carbocycles. The first-order valence-corrected chi connectivity index (χ1v) is 7.90. The normalized spacial score (nSPS) is 21.6. The summed E-state index contributed by atoms with van der Waals surface area (Å²) in [5.41, 5.74) is 0.676. The molecule has 2 aromatic rings. The zero-order valence-electron chi connectivity index (χ0n) is 12.8. The molecule has 1 aromatic heterocycles. The number of fused-ring (bicyclic) bond motifs is 1. The Balaban J connectivity index is 1.74. The number of aromatic amines is 1. The summed E-state index contributed by atoms with van der Waals surface area (Å²) in [6, 6.07) is 5.31. The van der Waals surface area contributed by atoms with Gasteiger partial charge in [-0.1, -0.05) is 11.6 Å². The third-order valence-corrected chi connectivity index (χ3v) is 4.61. The maximum Gasteiger partial charge on any atom is 0.311 e. The smallest absolute Gasteiger partial charge is 0.311 e. The van der Waals surface area contributed by atoms with Crippen molar-refractivity contribution in [3.8, 4) is 0 Å². The molecule has 1 aliphatic heterocycles. The van der Waals surface area contributed by atoms with Gasteiger partial charge in [0.2, 0.25) is 5.91 Å². The van der Waals surface area contributed by atoms with E-state index in [0.717, 1.165) is 11.0 Å². The molecule has 1 aliphatic rings. The number of aliphatic carboxylic acids is 1. The van der Waals surface area contributed by atoms with Gasteiger partial charge in [0.25, 0.3) is 0 Å². The third-order valence-electron chi connectivity index (χ3n) is 4.38. The summed E-state index contributed by atoms with van der Waals surface area (Å²) >= 11 is 5.94. The van der Waals surface area contributed by atoms with Crippen LogP contribution in [0.5, 0.6) is 0 Å². The molecule has 1 atom stereocenters. The number of carbonyl (C=O) groups is 2. The molecule has 1 aromatic carbocycles. The zero-order valence-corrected chi connectivity index (χ0v) is 13.6. The van der Waals surface area contributed by atoms with Crippen molar-refractivity contribution in [3.05, 3.63) is 29.0 Å². The molecule has 1 saturated heterocycles. The molecule has 6 nitrogen and oxygen atoms in total. The van der Waals surface area contributed by atoms with Gasteiger partial charge in [-0.15, -0.1) is 0 Å². The van der Waals surface area contributed by atoms with Crippen LogP contribution in [0.2, 0.25) is 5.02 Å². The number of amides is 1. The van der Waals surface area contributed by atoms with Crippen LogP contribution in [0.3, 0.4) is 0 Å². The summed E-state index contributed by atoms with van der Waals surface area (Å²) in [4.78, 5) is 32.9. The molecule has 3 rings (SSSR count). The second-order valence-corrected chi connectivity index (χ2v) is 6.74. The molecule has 2 heterocycles. The number of rotatable bonds is 3. The van der Waals surface area contributed by atoms with Crippen LogP contribution in [0.15, 0.2) is 18.2 Å². The molecule has 2 N–H and O–H groups in total. The fraction of sp³-hybridized carbons (Fsp3) is 0.438. The first-order valence-electron chi connectivity index (χ1n) is 7.53. The summed E-state index contributed by atoms with van der Waals surface area (Å²) in [5, 5.41) is 9.94. The number of nitrogens with zero attached hydrogens (tertiary/aromatic N) is 2. The molecule has 7 heteroatoms. The minimum atomic E-state index is -0.866. The van der Waals surface area contributed by atoms with E-state index in [1.807, 2.05) is 0 Å². The number of aromatic nitrogens is 2. The highest BCUT2D eigenvalue weighted by molar-refractivity contribution is 6.31. The number of carbonyl (C=O) groups excluding carboxylic acids is 1. The van der Waals surface area contributed by atoms with Gasteiger partial charge in [0.15, 0.2) is 0 Å². The van der Waals surface area contributed by atoms with Gasteiger partial charge in [-0.2, -0.15) is 0 Å². The standard InChI is InChI=1S/C16H18ClN3O3/c1-16(15(22)23)5-2-6-20(9-16)14(21)8-13-18-11-4-3-10(17)7-12(11)19-13/h3-4,7H,2,5-6,8-9H2,1H3,(H,18,19)(H,22,23). The van der Waals surface area contributed by atoms with E-state index in [2.05, 4.69) is 9.97 Å². The molecule has 0 radical (unpaired) electrons. The quantitative estimate of drug-likeness (QED) is 0.902. The molecule has 1 unspecified atom stereocenters. The van der Waals surface area contributed by atoms with Crippen molar-refractivity contribution in [1.29, 1.82) is 0 Å². The van der Waals surface area contributed by atoms with Crippen LogP contribution in [-0.4, -0.2) is 44.9 Å². The van der Waals surface area contributed by atoms with E-state index in [9.17, 15) is 14.7 Å². The summed E-state index contributed by atoms with van der Waals surface area (Å²) in [6.07, 6.45) is 1.42. The van der Waals surface area contributed by atoms with Gasteiger partial charge in [-0.05, 0) is 38.0 Å². The molecule has 1 fully saturated rings. The van der Waals surface area contributed by atoms with Gasteiger partial charge >= 0.3 is 5.97 Å². The molecule has 0 spiro atoms. The Morgan fingerprint density at radius 1 is 1.48 bits per heavy atom. The van der Waals surface area contributed by atoms with E-state index in [4.69, 9.17) is 11.6 Å². The fourth-order valence-corrected chi connectivity index (χ4v) is 3.17. The minimum Gasteiger partial charge on any atom is -0.481 e. The highest BCUT2D eigenvalue weighted by Gasteiger charge is 2.39. The number of nitrogens with one attached hydrogen (secondary N) is 1. The Labute approximate surface area is 138 Å². The molecule has 1 amide bonds. The number of carboxylic acids is 1. The number of hydrogen-bond donors (Lipinski definition) is 2. The van der Waals surface area contributed by atoms with Crippen LogP contribution in [0, 0.1) is 5.41 Å². The Hall–Kier alpha value is -2.08. The van der Waals surface area contributed by atoms with Crippen LogP contribution < -0.4 is 0 Å². The van der Waals surface area contributed by atoms with Gasteiger partial charge < -0.3 is 15.0 Å². The van der Waals surface area contributed by atoms with Crippen LogP contribution in [0.4, 0.5) is 0 Å². The van der Waals surface area contributed by atoms with Gasteiger partial charge in [0, 0.05) is 18.1 Å². The molecular formula is C16H18ClN3O3. The first-order chi connectivity index (χ1) is 10.9. The van der Waals surface area contributed by atoms with Crippen molar-refractivity contribution in [3.63, 3.8) is 0 Å². The van der Waals surface area contributed by atoms with E-state index >= 15 is 0 Å². The van der Waals surface area contributed by atoms with Crippen molar-refractivity contribution < 1.29 is 14.7 Å². The molecule has 0 aliphatic carbocycles. The van der Waals surface area contributed by atoms with Crippen LogP contribution in [-0.2, 0) is 16.0 Å². The van der Waals surface area contributed by atoms with Gasteiger partial charge in [0.05, 0.1) is 22.9 Å². The lowest BCUT2D eigenvalue weighted by molar-refractivity contribution is -0.153. The number of piperidine rings is 1. The van der Waals surface area contributed by atoms with Crippen molar-refractivity contribution in [2.45, 2.75) is 26.2 Å². The number of hydrogen-bond acceptors (Lipinski definition) is 3. The summed E-state index contributed by atoms with van der Waals surface area (Å²) in [6.45, 7) is 2.53. The molecular weight excluding hydrogens is 318 g/mol. The maximum atomic E-state index is 12.5. The number of imidazole rings is 1. The number of likely N-dealkylation sites (tertiary alicyclic amines) is 1. The SMILES string of the molecule is CC1(C(=O)O)CCCN(C(=O)Cc2nc3ccc(Cl)cc3[nH]2)C1. The highest BCUT2D eigenvalue weighted by atomic mass is 35.5. The monoisotopic (exact) mass is 335 g/mol. The van der Waals surface area contributed by atoms with Crippen LogP contribution in [0.1, 0.15) is 25.6 Å². The molecule has 122 valence electrons. The van der Waals surface area contributed by atoms with Crippen molar-refractivity contribution in [2.24, 2.45) is 5.41 Å². The lowest BCUT2D eigenvalue weighted by Crippen LogP contribution is -2.48. The predicted molar refractivity (Wildman–Crippen MR) is 86.4 cm³/mol. The number of H-pyrrole nitrogens is 1. The predicted octanol–water partition coefficient (Wildman–Crippen LogP) is 2.47. The zero-order chi connectivity index (χ0) is 16.6. The largest absolute Gasteiger partial charge is 0.481 e. The average molecular weight is 336 g/mol. The maximum absolute atomic E-state index is 12.5. The third kappa shape index (κ3) is 3.17. The van der Waals surface area contributed by atoms with E-state index in [1.165, 1.54) is 0 Å². The Morgan fingerprint density at radius 2 is 2.26 bits per heavy atom. The summed E-state index contributed by atoms with van der Waals surface area (Å²) in [5.74, 6) is -0.398. The van der Waals surface area contributed by atoms with E-state index < -0.39 is 11.4 Å². The molecule has 0 bridgehead atoms. The van der Waals surface area contributed by atoms with Crippen LogP contribution >= 0.6 is 11.6 Å². The van der Waals surface area contributed by atoms with E-state index in [-0.39, 0.29) is 18.9 Å². The van der Waals surface area contributed by atoms with Gasteiger partial charge in [0.1, 0.15) is 5.82 Å². The van der Waals surface area contributed by atoms with Crippen LogP contribution in [0.25, 0.3) is 11.0 Å². The summed E-state index contributed by atoms with van der Waals surface area (Å²) in [7, 11) is 0. The Kier molecular flexibility index (Phi) is 4.02. The number of carboxylic acid groups (broad SMARTS) is 1. The Morgan fingerprint density at radius 3 is 3.00 bits per heavy atom. The lowest BCUT2D eigenvalue weighted by Gasteiger charge is -2.37. The van der Waals surface area contributed by atoms with Gasteiger partial charge in [-0.25, -0.2) is 4.98 Å². The number of benzene rings is 1. The van der Waals surface area contributed by atoms with E-state index in [0.29, 0.717) is 30.2 Å².